The quantitative estimate of drug-likeness (QED) is 0.0943. The molecule has 0 radical (unpaired) electrons. The van der Waals surface area contributed by atoms with Crippen LogP contribution in [0.4, 0.5) is 39.8 Å². The van der Waals surface area contributed by atoms with Gasteiger partial charge in [0, 0.05) is 71.3 Å². The molecule has 10 rings (SSSR count). The summed E-state index contributed by atoms with van der Waals surface area (Å²) >= 11 is 0. The molecule has 0 saturated carbocycles. The first-order valence-electron chi connectivity index (χ1n) is 23.5. The summed E-state index contributed by atoms with van der Waals surface area (Å²) in [5.74, 6) is 0. The molecule has 0 unspecified atom stereocenters. The summed E-state index contributed by atoms with van der Waals surface area (Å²) in [5.41, 5.74) is 15.1. The predicted octanol–water partition coefficient (Wildman–Crippen LogP) is 12.6. The highest BCUT2D eigenvalue weighted by atomic mass is 15.4. The van der Waals surface area contributed by atoms with Gasteiger partial charge in [0.05, 0.1) is 49.8 Å². The number of rotatable bonds is 15. The van der Waals surface area contributed by atoms with Gasteiger partial charge < -0.3 is 29.4 Å². The molecule has 0 fully saturated rings. The van der Waals surface area contributed by atoms with Crippen LogP contribution in [0.3, 0.4) is 0 Å². The monoisotopic (exact) mass is 897 g/mol. The lowest BCUT2D eigenvalue weighted by Gasteiger charge is -2.22. The van der Waals surface area contributed by atoms with Crippen LogP contribution in [0.2, 0.25) is 0 Å². The van der Waals surface area contributed by atoms with Crippen LogP contribution < -0.4 is 29.4 Å². The van der Waals surface area contributed by atoms with Crippen molar-refractivity contribution in [1.82, 2.24) is 0 Å². The molecule has 7 aromatic carbocycles. The lowest BCUT2D eigenvalue weighted by Crippen LogP contribution is -2.24. The number of anilines is 6. The molecule has 0 saturated heterocycles. The average Bonchev–Trinajstić information content (AvgIpc) is 4.23. The fourth-order valence-electron chi connectivity index (χ4n) is 9.41. The van der Waals surface area contributed by atoms with E-state index in [4.69, 9.17) is 6.57 Å². The van der Waals surface area contributed by atoms with Crippen LogP contribution in [-0.2, 0) is 38.5 Å². The van der Waals surface area contributed by atoms with Gasteiger partial charge in [0.25, 0.3) is 0 Å². The Hall–Kier alpha value is -8.97. The van der Waals surface area contributed by atoms with Crippen molar-refractivity contribution >= 4 is 39.8 Å². The normalized spacial score (nSPS) is 13.9. The molecule has 0 atom stereocenters. The number of nitrogens with zero attached hydrogens (tertiary/aromatic N) is 9. The number of hydrogen-bond acceptors (Lipinski definition) is 8. The van der Waals surface area contributed by atoms with Gasteiger partial charge in [-0.1, -0.05) is 91.0 Å². The van der Waals surface area contributed by atoms with Gasteiger partial charge in [-0.3, -0.25) is 0 Å². The van der Waals surface area contributed by atoms with E-state index >= 15 is 0 Å². The molecule has 9 heteroatoms. The molecule has 0 aliphatic carbocycles. The Kier molecular flexibility index (Phi) is 12.9. The average molecular weight is 898 g/mol. The van der Waals surface area contributed by atoms with Crippen LogP contribution in [0.1, 0.15) is 44.5 Å². The lowest BCUT2D eigenvalue weighted by atomic mass is 9.92. The smallest absolute Gasteiger partial charge is 0.192 e. The van der Waals surface area contributed by atoms with Gasteiger partial charge in [-0.2, -0.15) is 10.5 Å². The van der Waals surface area contributed by atoms with Gasteiger partial charge in [0.15, 0.2) is 5.69 Å². The molecule has 0 amide bonds. The minimum Gasteiger partial charge on any atom is -0.329 e. The maximum atomic E-state index is 10.4. The van der Waals surface area contributed by atoms with E-state index in [-0.39, 0.29) is 0 Å². The highest BCUT2D eigenvalue weighted by Gasteiger charge is 2.20. The summed E-state index contributed by atoms with van der Waals surface area (Å²) in [6, 6.07) is 61.5. The molecule has 0 aromatic heterocycles. The maximum Gasteiger partial charge on any atom is 0.192 e. The number of nitriles is 2. The van der Waals surface area contributed by atoms with Crippen molar-refractivity contribution in [3.8, 4) is 12.1 Å². The third kappa shape index (κ3) is 10.1. The van der Waals surface area contributed by atoms with E-state index in [2.05, 4.69) is 175 Å². The summed E-state index contributed by atoms with van der Waals surface area (Å²) in [4.78, 5) is 17.1. The van der Waals surface area contributed by atoms with Crippen LogP contribution in [0.25, 0.3) is 4.85 Å². The standard InChI is InChI=1S/C60H51N9/c1-63-60-40-59(69-34-31-66(45-69)56-15-9-4-10-16-56)28-25-51(60)22-19-48-36-46(17-20-49-23-26-57(38-52(49)41-61)67-32-29-64(43-67)54-11-5-2-6-12-54)35-47(37-48)18-21-50-24-27-58(39-53(50)42-62)68-33-30-65(44-68)55-13-7-3-8-14-55/h2-16,23-40H,17-22,43-45H2. The van der Waals surface area contributed by atoms with Crippen LogP contribution in [0, 0.1) is 29.2 Å². The van der Waals surface area contributed by atoms with E-state index in [9.17, 15) is 10.5 Å². The number of hydrogen-bond donors (Lipinski definition) is 0. The Bertz CT molecular complexity index is 2820. The third-order valence-corrected chi connectivity index (χ3v) is 13.2. The second kappa shape index (κ2) is 20.3. The first-order chi connectivity index (χ1) is 34.0. The number of aryl methyl sites for hydroxylation is 6. The van der Waals surface area contributed by atoms with Crippen LogP contribution in [-0.4, -0.2) is 20.0 Å². The Morgan fingerprint density at radius 3 is 1.03 bits per heavy atom. The van der Waals surface area contributed by atoms with Crippen molar-refractivity contribution in [2.75, 3.05) is 49.4 Å². The van der Waals surface area contributed by atoms with Crippen molar-refractivity contribution in [3.63, 3.8) is 0 Å². The molecule has 69 heavy (non-hydrogen) atoms. The molecular formula is C60H51N9. The molecule has 0 bridgehead atoms. The highest BCUT2D eigenvalue weighted by Crippen LogP contribution is 2.32. The van der Waals surface area contributed by atoms with Crippen LogP contribution >= 0.6 is 0 Å². The van der Waals surface area contributed by atoms with Crippen molar-refractivity contribution in [2.24, 2.45) is 0 Å². The Morgan fingerprint density at radius 1 is 0.362 bits per heavy atom. The summed E-state index contributed by atoms with van der Waals surface area (Å²) < 4.78 is 0. The summed E-state index contributed by atoms with van der Waals surface area (Å²) in [5, 5.41) is 20.7. The summed E-state index contributed by atoms with van der Waals surface area (Å²) in [7, 11) is 0. The predicted molar refractivity (Wildman–Crippen MR) is 280 cm³/mol. The molecule has 7 aromatic rings. The van der Waals surface area contributed by atoms with Gasteiger partial charge in [-0.25, -0.2) is 4.85 Å². The first-order valence-corrected chi connectivity index (χ1v) is 23.5. The van der Waals surface area contributed by atoms with Gasteiger partial charge in [-0.05, 0) is 145 Å². The number of benzene rings is 7. The SMILES string of the molecule is [C-]#[N+]c1cc(N2C=CN(c3ccccc3)C2)ccc1CCc1cc(CCc2ccc(N3C=CN(c4ccccc4)C3)cc2C#N)cc(CCc2ccc(N3C=CN(c4ccccc4)C3)cc2C#N)c1. The van der Waals surface area contributed by atoms with Gasteiger partial charge >= 0.3 is 0 Å². The Morgan fingerprint density at radius 2 is 0.681 bits per heavy atom. The van der Waals surface area contributed by atoms with Gasteiger partial charge in [0.2, 0.25) is 0 Å². The van der Waals surface area contributed by atoms with Crippen LogP contribution in [0.15, 0.2) is 201 Å². The van der Waals surface area contributed by atoms with Crippen molar-refractivity contribution in [3.05, 3.63) is 257 Å². The Labute approximate surface area is 405 Å². The molecule has 9 nitrogen and oxygen atoms in total. The second-order valence-electron chi connectivity index (χ2n) is 17.6. The summed E-state index contributed by atoms with van der Waals surface area (Å²) in [6.07, 6.45) is 16.9. The topological polar surface area (TPSA) is 71.4 Å². The summed E-state index contributed by atoms with van der Waals surface area (Å²) in [6.45, 7) is 10.2. The Balaban J connectivity index is 0.854. The fraction of sp³-hybridized carbons (Fsp3) is 0.150. The first kappa shape index (κ1) is 43.9. The van der Waals surface area contributed by atoms with Crippen LogP contribution in [0.5, 0.6) is 0 Å². The zero-order chi connectivity index (χ0) is 46.9. The zero-order valence-electron chi connectivity index (χ0n) is 38.4. The van der Waals surface area contributed by atoms with E-state index in [0.717, 1.165) is 89.3 Å². The highest BCUT2D eigenvalue weighted by molar-refractivity contribution is 5.68. The lowest BCUT2D eigenvalue weighted by molar-refractivity contribution is 0.900. The van der Waals surface area contributed by atoms with Crippen molar-refractivity contribution < 1.29 is 0 Å². The van der Waals surface area contributed by atoms with Gasteiger partial charge in [-0.15, -0.1) is 0 Å². The fourth-order valence-corrected chi connectivity index (χ4v) is 9.41. The minimum absolute atomic E-state index is 0.671. The largest absolute Gasteiger partial charge is 0.329 e. The zero-order valence-corrected chi connectivity index (χ0v) is 38.4. The van der Waals surface area contributed by atoms with E-state index in [1.54, 1.807) is 0 Å². The number of para-hydroxylation sites is 3. The van der Waals surface area contributed by atoms with E-state index in [1.165, 1.54) is 16.7 Å². The van der Waals surface area contributed by atoms with E-state index < -0.39 is 0 Å². The van der Waals surface area contributed by atoms with E-state index in [0.29, 0.717) is 36.8 Å². The molecule has 0 spiro atoms. The minimum atomic E-state index is 0.671. The van der Waals surface area contributed by atoms with E-state index in [1.807, 2.05) is 72.8 Å². The van der Waals surface area contributed by atoms with Crippen molar-refractivity contribution in [1.29, 1.82) is 10.5 Å². The molecule has 336 valence electrons. The second-order valence-corrected chi connectivity index (χ2v) is 17.6. The molecular weight excluding hydrogens is 847 g/mol. The third-order valence-electron chi connectivity index (χ3n) is 13.2. The molecule has 0 N–H and O–H groups in total. The molecule has 3 aliphatic rings. The van der Waals surface area contributed by atoms with Crippen molar-refractivity contribution in [2.45, 2.75) is 38.5 Å². The van der Waals surface area contributed by atoms with Gasteiger partial charge in [0.1, 0.15) is 0 Å². The molecule has 3 heterocycles. The molecule has 3 aliphatic heterocycles. The maximum absolute atomic E-state index is 10.4.